The highest BCUT2D eigenvalue weighted by Gasteiger charge is 2.14. The molecular formula is C18H36N2O. The fourth-order valence-electron chi connectivity index (χ4n) is 3.19. The van der Waals surface area contributed by atoms with Gasteiger partial charge in [-0.2, -0.15) is 0 Å². The van der Waals surface area contributed by atoms with Gasteiger partial charge < -0.3 is 10.1 Å². The Hall–Kier alpha value is -0.730. The van der Waals surface area contributed by atoms with Crippen molar-refractivity contribution in [2.24, 2.45) is 5.16 Å². The third kappa shape index (κ3) is 9.00. The van der Waals surface area contributed by atoms with E-state index in [0.29, 0.717) is 0 Å². The summed E-state index contributed by atoms with van der Waals surface area (Å²) in [6, 6.07) is 0. The zero-order valence-electron chi connectivity index (χ0n) is 14.2. The highest BCUT2D eigenvalue weighted by atomic mass is 16.4. The number of oxime groups is 1. The summed E-state index contributed by atoms with van der Waals surface area (Å²) in [5.41, 5.74) is 0. The maximum Gasteiger partial charge on any atom is 0.144 e. The summed E-state index contributed by atoms with van der Waals surface area (Å²) in [6.07, 6.45) is 18.4. The average Bonchev–Trinajstić information content (AvgIpc) is 2.74. The monoisotopic (exact) mass is 296 g/mol. The van der Waals surface area contributed by atoms with E-state index in [1.54, 1.807) is 0 Å². The van der Waals surface area contributed by atoms with Crippen LogP contribution in [0.2, 0.25) is 0 Å². The van der Waals surface area contributed by atoms with Crippen LogP contribution in [0.5, 0.6) is 0 Å². The number of nitrogens with zero attached hydrogens (tertiary/aromatic N) is 2. The topological polar surface area (TPSA) is 35.8 Å². The third-order valence-electron chi connectivity index (χ3n) is 4.59. The first-order valence-electron chi connectivity index (χ1n) is 9.34. The predicted octanol–water partition coefficient (Wildman–Crippen LogP) is 5.57. The van der Waals surface area contributed by atoms with Crippen molar-refractivity contribution in [1.82, 2.24) is 4.90 Å². The van der Waals surface area contributed by atoms with Crippen molar-refractivity contribution in [2.45, 2.75) is 96.8 Å². The van der Waals surface area contributed by atoms with Crippen LogP contribution in [0, 0.1) is 0 Å². The van der Waals surface area contributed by atoms with E-state index in [9.17, 15) is 0 Å². The molecule has 0 aromatic carbocycles. The molecule has 0 radical (unpaired) electrons. The molecule has 0 atom stereocenters. The molecule has 1 heterocycles. The van der Waals surface area contributed by atoms with Crippen LogP contribution >= 0.6 is 0 Å². The lowest BCUT2D eigenvalue weighted by Crippen LogP contribution is -2.31. The van der Waals surface area contributed by atoms with Crippen molar-refractivity contribution >= 4 is 5.84 Å². The summed E-state index contributed by atoms with van der Waals surface area (Å²) >= 11 is 0. The Bertz CT molecular complexity index is 266. The Labute approximate surface area is 131 Å². The number of rotatable bonds is 11. The third-order valence-corrected chi connectivity index (χ3v) is 4.59. The van der Waals surface area contributed by atoms with Gasteiger partial charge in [0.1, 0.15) is 5.84 Å². The van der Waals surface area contributed by atoms with E-state index in [0.717, 1.165) is 25.3 Å². The lowest BCUT2D eigenvalue weighted by atomic mass is 10.1. The largest absolute Gasteiger partial charge is 0.409 e. The smallest absolute Gasteiger partial charge is 0.144 e. The van der Waals surface area contributed by atoms with Gasteiger partial charge in [-0.3, -0.25) is 0 Å². The van der Waals surface area contributed by atoms with Crippen LogP contribution in [-0.2, 0) is 0 Å². The molecule has 0 unspecified atom stereocenters. The summed E-state index contributed by atoms with van der Waals surface area (Å²) in [6.45, 7) is 4.43. The number of likely N-dealkylation sites (tertiary alicyclic amines) is 1. The van der Waals surface area contributed by atoms with Crippen molar-refractivity contribution in [3.8, 4) is 0 Å². The van der Waals surface area contributed by atoms with Crippen LogP contribution in [0.3, 0.4) is 0 Å². The van der Waals surface area contributed by atoms with Gasteiger partial charge in [-0.25, -0.2) is 0 Å². The molecule has 0 aliphatic carbocycles. The summed E-state index contributed by atoms with van der Waals surface area (Å²) in [4.78, 5) is 2.30. The minimum Gasteiger partial charge on any atom is -0.409 e. The van der Waals surface area contributed by atoms with Crippen LogP contribution in [0.4, 0.5) is 0 Å². The molecule has 1 N–H and O–H groups in total. The summed E-state index contributed by atoms with van der Waals surface area (Å²) in [7, 11) is 0. The molecular weight excluding hydrogens is 260 g/mol. The van der Waals surface area contributed by atoms with Gasteiger partial charge in [0, 0.05) is 19.5 Å². The fraction of sp³-hybridized carbons (Fsp3) is 0.944. The number of unbranched alkanes of at least 4 members (excludes halogenated alkanes) is 9. The van der Waals surface area contributed by atoms with Crippen molar-refractivity contribution < 1.29 is 5.21 Å². The second-order valence-electron chi connectivity index (χ2n) is 6.50. The van der Waals surface area contributed by atoms with E-state index in [4.69, 9.17) is 5.21 Å². The second kappa shape index (κ2) is 13.0. The van der Waals surface area contributed by atoms with Crippen molar-refractivity contribution in [3.05, 3.63) is 0 Å². The van der Waals surface area contributed by atoms with Crippen LogP contribution in [0.1, 0.15) is 96.8 Å². The van der Waals surface area contributed by atoms with Gasteiger partial charge in [0.2, 0.25) is 0 Å². The molecule has 1 saturated heterocycles. The first-order valence-corrected chi connectivity index (χ1v) is 9.34. The first kappa shape index (κ1) is 18.3. The maximum atomic E-state index is 9.09. The van der Waals surface area contributed by atoms with E-state index in [1.807, 2.05) is 0 Å². The molecule has 3 nitrogen and oxygen atoms in total. The van der Waals surface area contributed by atoms with Crippen LogP contribution in [0.25, 0.3) is 0 Å². The van der Waals surface area contributed by atoms with Crippen molar-refractivity contribution in [3.63, 3.8) is 0 Å². The van der Waals surface area contributed by atoms with Gasteiger partial charge >= 0.3 is 0 Å². The van der Waals surface area contributed by atoms with Gasteiger partial charge in [0.15, 0.2) is 0 Å². The van der Waals surface area contributed by atoms with Gasteiger partial charge in [-0.05, 0) is 19.3 Å². The normalized spacial score (nSPS) is 18.1. The zero-order valence-corrected chi connectivity index (χ0v) is 14.2. The summed E-state index contributed by atoms with van der Waals surface area (Å²) < 4.78 is 0. The molecule has 1 rings (SSSR count). The number of hydrogen-bond acceptors (Lipinski definition) is 2. The Kier molecular flexibility index (Phi) is 11.3. The lowest BCUT2D eigenvalue weighted by molar-refractivity contribution is 0.296. The minimum atomic E-state index is 0.920. The highest BCUT2D eigenvalue weighted by molar-refractivity contribution is 5.81. The Morgan fingerprint density at radius 1 is 0.857 bits per heavy atom. The molecule has 0 bridgehead atoms. The molecule has 1 fully saturated rings. The molecule has 0 saturated carbocycles. The molecule has 0 aromatic rings. The Morgan fingerprint density at radius 3 is 2.10 bits per heavy atom. The van der Waals surface area contributed by atoms with Crippen LogP contribution in [-0.4, -0.2) is 29.0 Å². The van der Waals surface area contributed by atoms with Gasteiger partial charge in [-0.1, -0.05) is 76.3 Å². The minimum absolute atomic E-state index is 0.920. The molecule has 21 heavy (non-hydrogen) atoms. The SMILES string of the molecule is CCCCCCCCCCCCN1CCCCCC1=NO. The van der Waals surface area contributed by atoms with E-state index in [-0.39, 0.29) is 0 Å². The number of amidine groups is 1. The van der Waals surface area contributed by atoms with Crippen LogP contribution in [0.15, 0.2) is 5.16 Å². The molecule has 124 valence electrons. The van der Waals surface area contributed by atoms with E-state index in [1.165, 1.54) is 83.5 Å². The van der Waals surface area contributed by atoms with Gasteiger partial charge in [-0.15, -0.1) is 0 Å². The van der Waals surface area contributed by atoms with E-state index >= 15 is 0 Å². The average molecular weight is 296 g/mol. The molecule has 0 amide bonds. The molecule has 0 aromatic heterocycles. The second-order valence-corrected chi connectivity index (χ2v) is 6.50. The van der Waals surface area contributed by atoms with Crippen LogP contribution < -0.4 is 0 Å². The quantitative estimate of drug-likeness (QED) is 0.307. The van der Waals surface area contributed by atoms with E-state index < -0.39 is 0 Å². The first-order chi connectivity index (χ1) is 10.4. The zero-order chi connectivity index (χ0) is 15.2. The highest BCUT2D eigenvalue weighted by Crippen LogP contribution is 2.14. The Morgan fingerprint density at radius 2 is 1.48 bits per heavy atom. The molecule has 1 aliphatic heterocycles. The van der Waals surface area contributed by atoms with Crippen molar-refractivity contribution in [2.75, 3.05) is 13.1 Å². The Balaban J connectivity index is 1.95. The van der Waals surface area contributed by atoms with Gasteiger partial charge in [0.05, 0.1) is 0 Å². The molecule has 1 aliphatic rings. The standard InChI is InChI=1S/C18H36N2O/c1-2-3-4-5-6-7-8-9-10-13-16-20-17-14-11-12-15-18(20)19-21/h21H,2-17H2,1H3. The predicted molar refractivity (Wildman–Crippen MR) is 91.1 cm³/mol. The molecule has 3 heteroatoms. The van der Waals surface area contributed by atoms with Gasteiger partial charge in [0.25, 0.3) is 0 Å². The molecule has 0 spiro atoms. The summed E-state index contributed by atoms with van der Waals surface area (Å²) in [5, 5.41) is 12.6. The lowest BCUT2D eigenvalue weighted by Gasteiger charge is -2.22. The maximum absolute atomic E-state index is 9.09. The fourth-order valence-corrected chi connectivity index (χ4v) is 3.19. The summed E-state index contributed by atoms with van der Waals surface area (Å²) in [5.74, 6) is 0.920. The number of hydrogen-bond donors (Lipinski definition) is 1. The van der Waals surface area contributed by atoms with Crippen molar-refractivity contribution in [1.29, 1.82) is 0 Å². The van der Waals surface area contributed by atoms with E-state index in [2.05, 4.69) is 17.0 Å².